The Morgan fingerprint density at radius 3 is 3.27 bits per heavy atom. The van der Waals surface area contributed by atoms with Crippen LogP contribution in [0.2, 0.25) is 0 Å². The van der Waals surface area contributed by atoms with Crippen molar-refractivity contribution in [2.24, 2.45) is 4.99 Å². The molecule has 0 radical (unpaired) electrons. The molecule has 2 heterocycles. The number of nitrogens with zero attached hydrogens (tertiary/aromatic N) is 1. The van der Waals surface area contributed by atoms with E-state index in [0.29, 0.717) is 0 Å². The average Bonchev–Trinajstić information content (AvgIpc) is 2.17. The molecule has 0 aromatic carbocycles. The van der Waals surface area contributed by atoms with Crippen LogP contribution in [0.5, 0.6) is 0 Å². The van der Waals surface area contributed by atoms with Gasteiger partial charge < -0.3 is 10.4 Å². The Kier molecular flexibility index (Phi) is 1.48. The zero-order valence-corrected chi connectivity index (χ0v) is 5.86. The number of hydrogen-bond acceptors (Lipinski definition) is 4. The average molecular weight is 151 g/mol. The second-order valence-corrected chi connectivity index (χ2v) is 2.42. The van der Waals surface area contributed by atoms with Gasteiger partial charge >= 0.3 is 0 Å². The van der Waals surface area contributed by atoms with Crippen LogP contribution in [0.15, 0.2) is 28.9 Å². The van der Waals surface area contributed by atoms with Crippen LogP contribution >= 0.6 is 0 Å². The van der Waals surface area contributed by atoms with Crippen molar-refractivity contribution in [2.45, 2.75) is 12.5 Å². The smallest absolute Gasteiger partial charge is 0.183 e. The Labute approximate surface area is 64.3 Å². The van der Waals surface area contributed by atoms with Crippen LogP contribution in [0.4, 0.5) is 0 Å². The normalized spacial score (nSPS) is 34.1. The third kappa shape index (κ3) is 1.18. The predicted octanol–water partition coefficient (Wildman–Crippen LogP) is -0.694. The lowest BCUT2D eigenvalue weighted by Crippen LogP contribution is -2.32. The largest absolute Gasteiger partial charge is 0.361 e. The van der Waals surface area contributed by atoms with Crippen molar-refractivity contribution in [3.63, 3.8) is 0 Å². The molecule has 4 nitrogen and oxygen atoms in total. The molecule has 0 aromatic heterocycles. The van der Waals surface area contributed by atoms with Crippen LogP contribution in [-0.2, 0) is 0 Å². The molecule has 0 amide bonds. The molecule has 0 aliphatic carbocycles. The third-order valence-electron chi connectivity index (χ3n) is 1.62. The first kappa shape index (κ1) is 6.57. The maximum atomic E-state index is 9.09. The fourth-order valence-electron chi connectivity index (χ4n) is 1.13. The van der Waals surface area contributed by atoms with E-state index in [1.165, 1.54) is 0 Å². The zero-order chi connectivity index (χ0) is 7.68. The van der Waals surface area contributed by atoms with Crippen molar-refractivity contribution in [3.8, 4) is 0 Å². The van der Waals surface area contributed by atoms with Gasteiger partial charge in [-0.3, -0.25) is 4.99 Å². The molecule has 2 unspecified atom stereocenters. The number of fused-ring (bicyclic) bond motifs is 1. The number of aliphatic hydroxyl groups excluding tert-OH is 1. The first-order valence-corrected chi connectivity index (χ1v) is 3.47. The van der Waals surface area contributed by atoms with Gasteiger partial charge in [-0.05, 0) is 12.2 Å². The topological polar surface area (TPSA) is 56.6 Å². The van der Waals surface area contributed by atoms with Crippen LogP contribution in [0.3, 0.4) is 0 Å². The molecule has 58 valence electrons. The first-order chi connectivity index (χ1) is 5.36. The van der Waals surface area contributed by atoms with Gasteiger partial charge in [-0.1, -0.05) is 6.08 Å². The Morgan fingerprint density at radius 1 is 1.45 bits per heavy atom. The fraction of sp³-hybridized carbons (Fsp3) is 0.286. The SMILES string of the molecule is OC1NC2=CC=CC=NC2N1. The minimum Gasteiger partial charge on any atom is -0.361 e. The van der Waals surface area contributed by atoms with Gasteiger partial charge in [0, 0.05) is 6.21 Å². The summed E-state index contributed by atoms with van der Waals surface area (Å²) in [5, 5.41) is 14.8. The van der Waals surface area contributed by atoms with E-state index in [2.05, 4.69) is 15.6 Å². The number of nitrogens with one attached hydrogen (secondary N) is 2. The molecule has 0 spiro atoms. The monoisotopic (exact) mass is 151 g/mol. The summed E-state index contributed by atoms with van der Waals surface area (Å²) in [5.74, 6) is 0. The Hall–Kier alpha value is -1.13. The molecule has 2 rings (SSSR count). The maximum Gasteiger partial charge on any atom is 0.183 e. The molecule has 0 bridgehead atoms. The predicted molar refractivity (Wildman–Crippen MR) is 41.8 cm³/mol. The molecule has 2 atom stereocenters. The van der Waals surface area contributed by atoms with E-state index in [9.17, 15) is 0 Å². The highest BCUT2D eigenvalue weighted by atomic mass is 16.3. The lowest BCUT2D eigenvalue weighted by molar-refractivity contribution is 0.136. The summed E-state index contributed by atoms with van der Waals surface area (Å²) in [5.41, 5.74) is 0.905. The van der Waals surface area contributed by atoms with Gasteiger partial charge in [0.25, 0.3) is 0 Å². The minimum absolute atomic E-state index is 0.111. The van der Waals surface area contributed by atoms with E-state index >= 15 is 0 Å². The maximum absolute atomic E-state index is 9.09. The Morgan fingerprint density at radius 2 is 2.36 bits per heavy atom. The summed E-state index contributed by atoms with van der Waals surface area (Å²) < 4.78 is 0. The Bertz CT molecular complexity index is 244. The summed E-state index contributed by atoms with van der Waals surface area (Å²) in [6.45, 7) is 0. The molecule has 3 N–H and O–H groups in total. The van der Waals surface area contributed by atoms with Gasteiger partial charge in [-0.25, -0.2) is 5.32 Å². The molecule has 0 saturated carbocycles. The summed E-state index contributed by atoms with van der Waals surface area (Å²) in [6, 6.07) is 0. The highest BCUT2D eigenvalue weighted by Gasteiger charge is 2.24. The van der Waals surface area contributed by atoms with Crippen molar-refractivity contribution in [1.29, 1.82) is 0 Å². The van der Waals surface area contributed by atoms with Gasteiger partial charge in [0.05, 0.1) is 5.70 Å². The molecule has 2 aliphatic heterocycles. The molecule has 2 aliphatic rings. The number of allylic oxidation sites excluding steroid dienone is 3. The second-order valence-electron chi connectivity index (χ2n) is 2.42. The van der Waals surface area contributed by atoms with Gasteiger partial charge in [0.2, 0.25) is 0 Å². The first-order valence-electron chi connectivity index (χ1n) is 3.47. The molecule has 4 heteroatoms. The summed E-state index contributed by atoms with van der Waals surface area (Å²) in [6.07, 6.45) is 6.55. The van der Waals surface area contributed by atoms with Crippen molar-refractivity contribution in [1.82, 2.24) is 10.6 Å². The van der Waals surface area contributed by atoms with Gasteiger partial charge in [0.1, 0.15) is 6.17 Å². The van der Waals surface area contributed by atoms with E-state index < -0.39 is 6.35 Å². The van der Waals surface area contributed by atoms with Crippen molar-refractivity contribution >= 4 is 6.21 Å². The highest BCUT2D eigenvalue weighted by Crippen LogP contribution is 2.09. The Balaban J connectivity index is 2.25. The van der Waals surface area contributed by atoms with Crippen molar-refractivity contribution in [3.05, 3.63) is 23.9 Å². The van der Waals surface area contributed by atoms with Gasteiger partial charge in [-0.15, -0.1) is 0 Å². The number of hydrogen-bond donors (Lipinski definition) is 3. The van der Waals surface area contributed by atoms with Crippen LogP contribution in [0.1, 0.15) is 0 Å². The zero-order valence-electron chi connectivity index (χ0n) is 5.86. The number of aliphatic imine (C=N–C) groups is 1. The molecule has 11 heavy (non-hydrogen) atoms. The van der Waals surface area contributed by atoms with Gasteiger partial charge in [-0.2, -0.15) is 0 Å². The van der Waals surface area contributed by atoms with E-state index in [0.717, 1.165) is 5.70 Å². The van der Waals surface area contributed by atoms with E-state index in [1.807, 2.05) is 18.2 Å². The van der Waals surface area contributed by atoms with Gasteiger partial charge in [0.15, 0.2) is 6.35 Å². The lowest BCUT2D eigenvalue weighted by atomic mass is 10.3. The fourth-order valence-corrected chi connectivity index (χ4v) is 1.13. The molecule has 1 saturated heterocycles. The van der Waals surface area contributed by atoms with Crippen LogP contribution in [0, 0.1) is 0 Å². The van der Waals surface area contributed by atoms with E-state index in [-0.39, 0.29) is 6.17 Å². The van der Waals surface area contributed by atoms with Crippen LogP contribution in [-0.4, -0.2) is 23.8 Å². The van der Waals surface area contributed by atoms with E-state index in [1.54, 1.807) is 6.21 Å². The van der Waals surface area contributed by atoms with E-state index in [4.69, 9.17) is 5.11 Å². The molecular formula is C7H9N3O. The molecule has 1 fully saturated rings. The molecule has 0 aromatic rings. The van der Waals surface area contributed by atoms with Crippen molar-refractivity contribution in [2.75, 3.05) is 0 Å². The third-order valence-corrected chi connectivity index (χ3v) is 1.62. The second kappa shape index (κ2) is 2.48. The number of aliphatic hydroxyl groups is 1. The molecular weight excluding hydrogens is 142 g/mol. The quantitative estimate of drug-likeness (QED) is 0.429. The summed E-state index contributed by atoms with van der Waals surface area (Å²) in [4.78, 5) is 4.12. The van der Waals surface area contributed by atoms with Crippen LogP contribution < -0.4 is 10.6 Å². The van der Waals surface area contributed by atoms with Crippen LogP contribution in [0.25, 0.3) is 0 Å². The minimum atomic E-state index is -0.671. The lowest BCUT2D eigenvalue weighted by Gasteiger charge is -2.01. The summed E-state index contributed by atoms with van der Waals surface area (Å²) in [7, 11) is 0. The van der Waals surface area contributed by atoms with Crippen molar-refractivity contribution < 1.29 is 5.11 Å². The number of rotatable bonds is 0. The standard InChI is InChI=1S/C7H9N3O/c11-7-9-5-3-1-2-4-8-6(5)10-7/h1-4,6-7,9-11H. The highest BCUT2D eigenvalue weighted by molar-refractivity contribution is 5.72. The summed E-state index contributed by atoms with van der Waals surface area (Å²) >= 11 is 0.